The number of amides is 1. The summed E-state index contributed by atoms with van der Waals surface area (Å²) in [7, 11) is 1.63. The van der Waals surface area contributed by atoms with Crippen molar-refractivity contribution < 1.29 is 4.79 Å². The molecule has 2 aliphatic rings. The van der Waals surface area contributed by atoms with E-state index in [9.17, 15) is 9.59 Å². The molecule has 0 radical (unpaired) electrons. The molecule has 120 valence electrons. The third kappa shape index (κ3) is 3.34. The predicted molar refractivity (Wildman–Crippen MR) is 87.8 cm³/mol. The fourth-order valence-electron chi connectivity index (χ4n) is 2.84. The van der Waals surface area contributed by atoms with E-state index in [4.69, 9.17) is 0 Å². The average Bonchev–Trinajstić information content (AvgIpc) is 3.35. The molecule has 0 spiro atoms. The molecule has 1 saturated heterocycles. The van der Waals surface area contributed by atoms with Crippen molar-refractivity contribution in [1.29, 1.82) is 0 Å². The Morgan fingerprint density at radius 2 is 2.23 bits per heavy atom. The van der Waals surface area contributed by atoms with Crippen molar-refractivity contribution >= 4 is 27.5 Å². The summed E-state index contributed by atoms with van der Waals surface area (Å²) in [4.78, 5) is 26.3. The van der Waals surface area contributed by atoms with Crippen LogP contribution in [-0.4, -0.2) is 35.3 Å². The predicted octanol–water partition coefficient (Wildman–Crippen LogP) is 1.29. The molecule has 0 bridgehead atoms. The Labute approximate surface area is 138 Å². The zero-order valence-electron chi connectivity index (χ0n) is 12.7. The first-order chi connectivity index (χ1) is 10.6. The lowest BCUT2D eigenvalue weighted by atomic mass is 9.96. The Morgan fingerprint density at radius 3 is 2.95 bits per heavy atom. The number of anilines is 1. The zero-order valence-corrected chi connectivity index (χ0v) is 14.3. The summed E-state index contributed by atoms with van der Waals surface area (Å²) in [5.41, 5.74) is 0.626. The number of carbonyl (C=O) groups is 1. The highest BCUT2D eigenvalue weighted by Crippen LogP contribution is 2.29. The van der Waals surface area contributed by atoms with Crippen LogP contribution in [0.1, 0.15) is 25.7 Å². The summed E-state index contributed by atoms with van der Waals surface area (Å²) in [5.74, 6) is 0.826. The van der Waals surface area contributed by atoms with Gasteiger partial charge in [0.05, 0.1) is 17.8 Å². The summed E-state index contributed by atoms with van der Waals surface area (Å²) in [5, 5.41) is 7.15. The van der Waals surface area contributed by atoms with Gasteiger partial charge in [-0.25, -0.2) is 4.68 Å². The Kier molecular flexibility index (Phi) is 4.52. The largest absolute Gasteiger partial charge is 0.368 e. The summed E-state index contributed by atoms with van der Waals surface area (Å²) in [6.07, 6.45) is 6.02. The van der Waals surface area contributed by atoms with Gasteiger partial charge in [0, 0.05) is 26.7 Å². The minimum atomic E-state index is -0.155. The second-order valence-corrected chi connectivity index (χ2v) is 7.04. The smallest absolute Gasteiger partial charge is 0.282 e. The lowest BCUT2D eigenvalue weighted by Crippen LogP contribution is -2.44. The van der Waals surface area contributed by atoms with E-state index < -0.39 is 0 Å². The molecule has 7 heteroatoms. The molecule has 3 rings (SSSR count). The van der Waals surface area contributed by atoms with Crippen LogP contribution in [0.2, 0.25) is 0 Å². The molecule has 1 aliphatic carbocycles. The van der Waals surface area contributed by atoms with Gasteiger partial charge in [-0.2, -0.15) is 5.10 Å². The van der Waals surface area contributed by atoms with Crippen molar-refractivity contribution in [1.82, 2.24) is 15.1 Å². The van der Waals surface area contributed by atoms with Gasteiger partial charge in [0.2, 0.25) is 5.91 Å². The van der Waals surface area contributed by atoms with Crippen LogP contribution in [0.25, 0.3) is 0 Å². The van der Waals surface area contributed by atoms with Crippen molar-refractivity contribution in [3.8, 4) is 0 Å². The molecule has 1 atom stereocenters. The fourth-order valence-corrected chi connectivity index (χ4v) is 3.45. The van der Waals surface area contributed by atoms with Crippen molar-refractivity contribution in [2.45, 2.75) is 25.7 Å². The van der Waals surface area contributed by atoms with E-state index in [0.717, 1.165) is 31.6 Å². The van der Waals surface area contributed by atoms with E-state index in [2.05, 4.69) is 31.2 Å². The summed E-state index contributed by atoms with van der Waals surface area (Å²) in [6, 6.07) is 0. The Balaban J connectivity index is 1.68. The average molecular weight is 369 g/mol. The molecule has 2 heterocycles. The van der Waals surface area contributed by atoms with Crippen molar-refractivity contribution in [3.05, 3.63) is 21.0 Å². The molecule has 1 aromatic heterocycles. The zero-order chi connectivity index (χ0) is 15.7. The highest BCUT2D eigenvalue weighted by Gasteiger charge is 2.29. The molecule has 22 heavy (non-hydrogen) atoms. The van der Waals surface area contributed by atoms with Gasteiger partial charge in [-0.15, -0.1) is 0 Å². The standard InChI is InChI=1S/C15H21BrN4O2/c1-19-15(22)13(16)12(8-18-19)20-6-2-3-11(9-20)14(21)17-7-10-4-5-10/h8,10-11H,2-7,9H2,1H3,(H,17,21). The number of aromatic nitrogens is 2. The van der Waals surface area contributed by atoms with Crippen LogP contribution in [-0.2, 0) is 11.8 Å². The number of piperidine rings is 1. The highest BCUT2D eigenvalue weighted by molar-refractivity contribution is 9.10. The quantitative estimate of drug-likeness (QED) is 0.869. The number of halogens is 1. The van der Waals surface area contributed by atoms with E-state index in [1.165, 1.54) is 17.5 Å². The van der Waals surface area contributed by atoms with Crippen LogP contribution in [0.15, 0.2) is 15.5 Å². The van der Waals surface area contributed by atoms with Gasteiger partial charge < -0.3 is 10.2 Å². The van der Waals surface area contributed by atoms with Gasteiger partial charge in [0.1, 0.15) is 4.47 Å². The third-order valence-electron chi connectivity index (χ3n) is 4.45. The van der Waals surface area contributed by atoms with Crippen LogP contribution < -0.4 is 15.8 Å². The van der Waals surface area contributed by atoms with Crippen molar-refractivity contribution in [2.24, 2.45) is 18.9 Å². The normalized spacial score (nSPS) is 21.7. The van der Waals surface area contributed by atoms with Gasteiger partial charge in [-0.05, 0) is 47.5 Å². The Bertz CT molecular complexity index is 626. The molecule has 0 aromatic carbocycles. The number of carbonyl (C=O) groups excluding carboxylic acids is 1. The molecule has 1 unspecified atom stereocenters. The Hall–Kier alpha value is -1.37. The fraction of sp³-hybridized carbons (Fsp3) is 0.667. The topological polar surface area (TPSA) is 67.2 Å². The van der Waals surface area contributed by atoms with Gasteiger partial charge in [-0.1, -0.05) is 0 Å². The van der Waals surface area contributed by atoms with E-state index in [1.54, 1.807) is 13.2 Å². The maximum absolute atomic E-state index is 12.3. The van der Waals surface area contributed by atoms with Crippen LogP contribution in [0.5, 0.6) is 0 Å². The number of aryl methyl sites for hydroxylation is 1. The molecule has 2 fully saturated rings. The molecular formula is C15H21BrN4O2. The van der Waals surface area contributed by atoms with Crippen molar-refractivity contribution in [3.63, 3.8) is 0 Å². The minimum absolute atomic E-state index is 0.0107. The second-order valence-electron chi connectivity index (χ2n) is 6.25. The van der Waals surface area contributed by atoms with Crippen molar-refractivity contribution in [2.75, 3.05) is 24.5 Å². The highest BCUT2D eigenvalue weighted by atomic mass is 79.9. The molecule has 1 N–H and O–H groups in total. The number of nitrogens with one attached hydrogen (secondary N) is 1. The maximum Gasteiger partial charge on any atom is 0.282 e. The van der Waals surface area contributed by atoms with E-state index >= 15 is 0 Å². The molecule has 1 aromatic rings. The van der Waals surface area contributed by atoms with Crippen LogP contribution >= 0.6 is 15.9 Å². The van der Waals surface area contributed by atoms with E-state index in [0.29, 0.717) is 16.9 Å². The van der Waals surface area contributed by atoms with Gasteiger partial charge >= 0.3 is 0 Å². The van der Waals surface area contributed by atoms with E-state index in [-0.39, 0.29) is 17.4 Å². The molecule has 1 amide bonds. The van der Waals surface area contributed by atoms with Crippen LogP contribution in [0, 0.1) is 11.8 Å². The second kappa shape index (κ2) is 6.40. The summed E-state index contributed by atoms with van der Waals surface area (Å²) < 4.78 is 1.82. The first-order valence-corrected chi connectivity index (χ1v) is 8.60. The molecule has 1 saturated carbocycles. The van der Waals surface area contributed by atoms with Crippen LogP contribution in [0.3, 0.4) is 0 Å². The van der Waals surface area contributed by atoms with Gasteiger partial charge in [-0.3, -0.25) is 9.59 Å². The summed E-state index contributed by atoms with van der Waals surface area (Å²) >= 11 is 3.37. The van der Waals surface area contributed by atoms with Gasteiger partial charge in [0.25, 0.3) is 5.56 Å². The first-order valence-electron chi connectivity index (χ1n) is 7.80. The maximum atomic E-state index is 12.3. The SMILES string of the molecule is Cn1ncc(N2CCCC(C(=O)NCC3CC3)C2)c(Br)c1=O. The lowest BCUT2D eigenvalue weighted by molar-refractivity contribution is -0.125. The molecular weight excluding hydrogens is 348 g/mol. The molecule has 1 aliphatic heterocycles. The first kappa shape index (κ1) is 15.5. The van der Waals surface area contributed by atoms with Gasteiger partial charge in [0.15, 0.2) is 0 Å². The minimum Gasteiger partial charge on any atom is -0.368 e. The van der Waals surface area contributed by atoms with Crippen LogP contribution in [0.4, 0.5) is 5.69 Å². The summed E-state index contributed by atoms with van der Waals surface area (Å²) in [6.45, 7) is 2.30. The monoisotopic (exact) mass is 368 g/mol. The number of hydrogen-bond acceptors (Lipinski definition) is 4. The molecule has 6 nitrogen and oxygen atoms in total. The Morgan fingerprint density at radius 1 is 1.45 bits per heavy atom. The number of rotatable bonds is 4. The number of hydrogen-bond donors (Lipinski definition) is 1. The number of nitrogens with zero attached hydrogens (tertiary/aromatic N) is 3. The van der Waals surface area contributed by atoms with E-state index in [1.807, 2.05) is 0 Å². The third-order valence-corrected chi connectivity index (χ3v) is 5.20. The lowest BCUT2D eigenvalue weighted by Gasteiger charge is -2.33.